The van der Waals surface area contributed by atoms with Gasteiger partial charge in [-0.15, -0.1) is 0 Å². The molecule has 1 fully saturated rings. The molecule has 8 heteroatoms. The molecule has 0 aliphatic carbocycles. The molecule has 1 aliphatic rings. The zero-order valence-electron chi connectivity index (χ0n) is 13.6. The quantitative estimate of drug-likeness (QED) is 0.819. The van der Waals surface area contributed by atoms with Crippen LogP contribution in [0.2, 0.25) is 0 Å². The van der Waals surface area contributed by atoms with E-state index >= 15 is 0 Å². The average Bonchev–Trinajstić information content (AvgIpc) is 2.52. The van der Waals surface area contributed by atoms with Crippen LogP contribution in [0.15, 0.2) is 24.3 Å². The topological polar surface area (TPSA) is 75.6 Å². The molecule has 0 bridgehead atoms. The second kappa shape index (κ2) is 7.86. The van der Waals surface area contributed by atoms with Gasteiger partial charge in [-0.3, -0.25) is 9.59 Å². The molecule has 0 radical (unpaired) electrons. The van der Waals surface area contributed by atoms with Gasteiger partial charge in [-0.1, -0.05) is 12.1 Å². The molecule has 1 amide bonds. The van der Waals surface area contributed by atoms with Gasteiger partial charge in [0, 0.05) is 25.2 Å². The number of hydrogen-bond donors (Lipinski definition) is 2. The van der Waals surface area contributed by atoms with Crippen LogP contribution in [0.5, 0.6) is 0 Å². The molecular weight excluding hydrogens is 339 g/mol. The number of alkyl halides is 3. The summed E-state index contributed by atoms with van der Waals surface area (Å²) >= 11 is 0. The van der Waals surface area contributed by atoms with E-state index < -0.39 is 30.0 Å². The van der Waals surface area contributed by atoms with Crippen molar-refractivity contribution in [2.24, 2.45) is 0 Å². The van der Waals surface area contributed by atoms with E-state index in [0.29, 0.717) is 31.6 Å². The predicted octanol–water partition coefficient (Wildman–Crippen LogP) is 2.94. The van der Waals surface area contributed by atoms with E-state index in [1.807, 2.05) is 0 Å². The standard InChI is InChI=1S/C17H20F3NO4/c18-17(19,20)6-5-12-1-3-13(4-2-12)15(24)21-16(11-14(22)23)7-9-25-10-8-16/h1-4H,5-11H2,(H,21,24)(H,22,23). The second-order valence-corrected chi connectivity index (χ2v) is 6.23. The van der Waals surface area contributed by atoms with Crippen LogP contribution < -0.4 is 5.32 Å². The van der Waals surface area contributed by atoms with Gasteiger partial charge in [0.2, 0.25) is 0 Å². The minimum Gasteiger partial charge on any atom is -0.481 e. The van der Waals surface area contributed by atoms with Crippen LogP contribution in [-0.4, -0.2) is 41.9 Å². The Kier molecular flexibility index (Phi) is 6.05. The fourth-order valence-corrected chi connectivity index (χ4v) is 2.82. The lowest BCUT2D eigenvalue weighted by Gasteiger charge is -2.36. The third-order valence-electron chi connectivity index (χ3n) is 4.23. The minimum atomic E-state index is -4.22. The van der Waals surface area contributed by atoms with Crippen LogP contribution >= 0.6 is 0 Å². The van der Waals surface area contributed by atoms with Crippen LogP contribution in [0.25, 0.3) is 0 Å². The molecule has 0 aromatic heterocycles. The number of carbonyl (C=O) groups is 2. The Morgan fingerprint density at radius 1 is 1.16 bits per heavy atom. The molecule has 5 nitrogen and oxygen atoms in total. The maximum atomic E-state index is 12.4. The molecule has 1 heterocycles. The summed E-state index contributed by atoms with van der Waals surface area (Å²) in [7, 11) is 0. The van der Waals surface area contributed by atoms with Gasteiger partial charge in [-0.25, -0.2) is 0 Å². The zero-order chi connectivity index (χ0) is 18.5. The molecule has 1 saturated heterocycles. The highest BCUT2D eigenvalue weighted by Crippen LogP contribution is 2.26. The van der Waals surface area contributed by atoms with Gasteiger partial charge >= 0.3 is 12.1 Å². The highest BCUT2D eigenvalue weighted by atomic mass is 19.4. The summed E-state index contributed by atoms with van der Waals surface area (Å²) in [6.07, 6.45) is -4.69. The summed E-state index contributed by atoms with van der Waals surface area (Å²) in [6.45, 7) is 0.730. The monoisotopic (exact) mass is 359 g/mol. The Morgan fingerprint density at radius 3 is 2.28 bits per heavy atom. The number of aryl methyl sites for hydroxylation is 1. The van der Waals surface area contributed by atoms with Crippen molar-refractivity contribution in [3.63, 3.8) is 0 Å². The Labute approximate surface area is 143 Å². The number of benzene rings is 1. The fourth-order valence-electron chi connectivity index (χ4n) is 2.82. The number of amides is 1. The fraction of sp³-hybridized carbons (Fsp3) is 0.529. The van der Waals surface area contributed by atoms with Gasteiger partial charge in [0.25, 0.3) is 5.91 Å². The van der Waals surface area contributed by atoms with Crippen LogP contribution in [0.4, 0.5) is 13.2 Å². The summed E-state index contributed by atoms with van der Waals surface area (Å²) in [5, 5.41) is 11.9. The maximum Gasteiger partial charge on any atom is 0.389 e. The number of aliphatic carboxylic acids is 1. The Hall–Kier alpha value is -2.09. The molecule has 0 atom stereocenters. The summed E-state index contributed by atoms with van der Waals surface area (Å²) in [4.78, 5) is 23.5. The van der Waals surface area contributed by atoms with Crippen molar-refractivity contribution in [3.8, 4) is 0 Å². The van der Waals surface area contributed by atoms with Gasteiger partial charge in [-0.2, -0.15) is 13.2 Å². The smallest absolute Gasteiger partial charge is 0.389 e. The summed E-state index contributed by atoms with van der Waals surface area (Å²) in [5.41, 5.74) is -0.0944. The number of rotatable bonds is 6. The first-order chi connectivity index (χ1) is 11.7. The summed E-state index contributed by atoms with van der Waals surface area (Å²) < 4.78 is 41.9. The number of halogens is 3. The van der Waals surface area contributed by atoms with Gasteiger partial charge in [-0.05, 0) is 37.0 Å². The van der Waals surface area contributed by atoms with Crippen molar-refractivity contribution in [1.82, 2.24) is 5.32 Å². The molecule has 0 saturated carbocycles. The lowest BCUT2D eigenvalue weighted by molar-refractivity contribution is -0.139. The number of carboxylic acid groups (broad SMARTS) is 1. The molecule has 1 aliphatic heterocycles. The SMILES string of the molecule is O=C(O)CC1(NC(=O)c2ccc(CCC(F)(F)F)cc2)CCOCC1. The van der Waals surface area contributed by atoms with Crippen molar-refractivity contribution in [2.45, 2.75) is 43.8 Å². The van der Waals surface area contributed by atoms with Gasteiger partial charge in [0.1, 0.15) is 0 Å². The maximum absolute atomic E-state index is 12.4. The highest BCUT2D eigenvalue weighted by Gasteiger charge is 2.36. The number of carbonyl (C=O) groups excluding carboxylic acids is 1. The van der Waals surface area contributed by atoms with E-state index in [2.05, 4.69) is 5.32 Å². The van der Waals surface area contributed by atoms with Crippen molar-refractivity contribution in [3.05, 3.63) is 35.4 Å². The Bertz CT molecular complexity index is 607. The largest absolute Gasteiger partial charge is 0.481 e. The molecule has 138 valence electrons. The molecular formula is C17H20F3NO4. The second-order valence-electron chi connectivity index (χ2n) is 6.23. The molecule has 1 aromatic carbocycles. The van der Waals surface area contributed by atoms with Crippen molar-refractivity contribution >= 4 is 11.9 Å². The Morgan fingerprint density at radius 2 is 1.76 bits per heavy atom. The summed E-state index contributed by atoms with van der Waals surface area (Å²) in [6, 6.07) is 5.87. The Balaban J connectivity index is 2.02. The van der Waals surface area contributed by atoms with E-state index in [1.165, 1.54) is 24.3 Å². The van der Waals surface area contributed by atoms with E-state index in [4.69, 9.17) is 9.84 Å². The lowest BCUT2D eigenvalue weighted by atomic mass is 9.86. The molecule has 2 N–H and O–H groups in total. The van der Waals surface area contributed by atoms with Crippen LogP contribution in [-0.2, 0) is 16.0 Å². The van der Waals surface area contributed by atoms with Crippen molar-refractivity contribution in [1.29, 1.82) is 0 Å². The van der Waals surface area contributed by atoms with Gasteiger partial charge in [0.05, 0.1) is 12.0 Å². The van der Waals surface area contributed by atoms with E-state index in [1.54, 1.807) is 0 Å². The highest BCUT2D eigenvalue weighted by molar-refractivity contribution is 5.95. The van der Waals surface area contributed by atoms with Crippen LogP contribution in [0.3, 0.4) is 0 Å². The van der Waals surface area contributed by atoms with Crippen LogP contribution in [0.1, 0.15) is 41.6 Å². The molecule has 25 heavy (non-hydrogen) atoms. The summed E-state index contributed by atoms with van der Waals surface area (Å²) in [5.74, 6) is -1.45. The van der Waals surface area contributed by atoms with Crippen molar-refractivity contribution < 1.29 is 32.6 Å². The van der Waals surface area contributed by atoms with E-state index in [-0.39, 0.29) is 18.4 Å². The normalized spacial score (nSPS) is 17.1. The number of hydrogen-bond acceptors (Lipinski definition) is 3. The zero-order valence-corrected chi connectivity index (χ0v) is 13.6. The van der Waals surface area contributed by atoms with Gasteiger partial charge in [0.15, 0.2) is 0 Å². The number of nitrogens with one attached hydrogen (secondary N) is 1. The third kappa shape index (κ3) is 6.04. The lowest BCUT2D eigenvalue weighted by Crippen LogP contribution is -2.53. The van der Waals surface area contributed by atoms with Crippen molar-refractivity contribution in [2.75, 3.05) is 13.2 Å². The first-order valence-electron chi connectivity index (χ1n) is 7.97. The molecule has 0 unspecified atom stereocenters. The van der Waals surface area contributed by atoms with Crippen LogP contribution in [0, 0.1) is 0 Å². The van der Waals surface area contributed by atoms with E-state index in [9.17, 15) is 22.8 Å². The average molecular weight is 359 g/mol. The number of ether oxygens (including phenoxy) is 1. The third-order valence-corrected chi connectivity index (χ3v) is 4.23. The van der Waals surface area contributed by atoms with E-state index in [0.717, 1.165) is 0 Å². The molecule has 0 spiro atoms. The van der Waals surface area contributed by atoms with Gasteiger partial charge < -0.3 is 15.2 Å². The first kappa shape index (κ1) is 19.2. The predicted molar refractivity (Wildman–Crippen MR) is 83.3 cm³/mol. The minimum absolute atomic E-state index is 0.147. The number of carboxylic acids is 1. The molecule has 1 aromatic rings. The first-order valence-corrected chi connectivity index (χ1v) is 7.97. The molecule has 2 rings (SSSR count).